The third-order valence-corrected chi connectivity index (χ3v) is 3.86. The van der Waals surface area contributed by atoms with E-state index in [4.69, 9.17) is 5.11 Å². The van der Waals surface area contributed by atoms with Gasteiger partial charge in [-0.25, -0.2) is 0 Å². The Kier molecular flexibility index (Phi) is 7.05. The smallest absolute Gasteiger partial charge is 0.323 e. The first kappa shape index (κ1) is 19.3. The van der Waals surface area contributed by atoms with E-state index in [2.05, 4.69) is 4.99 Å². The van der Waals surface area contributed by atoms with E-state index in [1.165, 1.54) is 4.90 Å². The van der Waals surface area contributed by atoms with Crippen LogP contribution in [0.3, 0.4) is 0 Å². The number of likely N-dealkylation sites (N-methyl/N-ethyl adjacent to an activating group) is 1. The molecule has 1 atom stereocenters. The molecule has 6 heteroatoms. The van der Waals surface area contributed by atoms with Crippen LogP contribution in [0.1, 0.15) is 18.1 Å². The second kappa shape index (κ2) is 9.48. The highest BCUT2D eigenvalue weighted by Crippen LogP contribution is 2.13. The van der Waals surface area contributed by atoms with E-state index >= 15 is 0 Å². The van der Waals surface area contributed by atoms with Gasteiger partial charge >= 0.3 is 5.97 Å². The number of hydrogen-bond acceptors (Lipinski definition) is 4. The standard InChI is InChI=1S/C20H22N2O4/c1-2-22(13-18(24)25)20(26)17(14-23)21-19(15-9-5-3-6-10-15)16-11-7-4-8-12-16/h3-12,17,23H,2,13-14H2,1H3,(H,24,25)/t17-/m0/s1. The van der Waals surface area contributed by atoms with E-state index < -0.39 is 31.1 Å². The highest BCUT2D eigenvalue weighted by molar-refractivity contribution is 6.13. The van der Waals surface area contributed by atoms with Gasteiger partial charge < -0.3 is 15.1 Å². The minimum Gasteiger partial charge on any atom is -0.480 e. The minimum absolute atomic E-state index is 0.225. The summed E-state index contributed by atoms with van der Waals surface area (Å²) in [6.07, 6.45) is 0. The van der Waals surface area contributed by atoms with E-state index in [9.17, 15) is 14.7 Å². The molecule has 2 N–H and O–H groups in total. The number of carbonyl (C=O) groups is 2. The minimum atomic E-state index is -1.10. The number of benzene rings is 2. The summed E-state index contributed by atoms with van der Waals surface area (Å²) in [7, 11) is 0. The van der Waals surface area contributed by atoms with E-state index in [1.54, 1.807) is 6.92 Å². The van der Waals surface area contributed by atoms with Crippen molar-refractivity contribution in [2.75, 3.05) is 19.7 Å². The summed E-state index contributed by atoms with van der Waals surface area (Å²) in [5, 5.41) is 18.7. The largest absolute Gasteiger partial charge is 0.480 e. The number of nitrogens with zero attached hydrogens (tertiary/aromatic N) is 2. The Morgan fingerprint density at radius 1 is 1.00 bits per heavy atom. The van der Waals surface area contributed by atoms with Crippen LogP contribution in [0.15, 0.2) is 65.7 Å². The molecule has 6 nitrogen and oxygen atoms in total. The molecule has 0 fully saturated rings. The number of aliphatic imine (C=N–C) groups is 1. The molecule has 0 saturated heterocycles. The van der Waals surface area contributed by atoms with E-state index in [-0.39, 0.29) is 6.54 Å². The van der Waals surface area contributed by atoms with Crippen LogP contribution in [0.2, 0.25) is 0 Å². The maximum Gasteiger partial charge on any atom is 0.323 e. The van der Waals surface area contributed by atoms with Crippen molar-refractivity contribution < 1.29 is 19.8 Å². The lowest BCUT2D eigenvalue weighted by molar-refractivity contribution is -0.145. The van der Waals surface area contributed by atoms with Gasteiger partial charge in [-0.1, -0.05) is 60.7 Å². The SMILES string of the molecule is CCN(CC(=O)O)C(=O)[C@H](CO)N=C(c1ccccc1)c1ccccc1. The topological polar surface area (TPSA) is 90.2 Å². The molecular weight excluding hydrogens is 332 g/mol. The number of carboxylic acid groups (broad SMARTS) is 1. The normalized spacial score (nSPS) is 11.5. The summed E-state index contributed by atoms with van der Waals surface area (Å²) in [6, 6.07) is 17.7. The third-order valence-electron chi connectivity index (χ3n) is 3.86. The molecule has 2 rings (SSSR count). The molecule has 26 heavy (non-hydrogen) atoms. The van der Waals surface area contributed by atoms with E-state index in [0.29, 0.717) is 5.71 Å². The highest BCUT2D eigenvalue weighted by atomic mass is 16.4. The van der Waals surface area contributed by atoms with E-state index in [0.717, 1.165) is 11.1 Å². The van der Waals surface area contributed by atoms with Crippen molar-refractivity contribution in [1.29, 1.82) is 0 Å². The quantitative estimate of drug-likeness (QED) is 0.708. The second-order valence-electron chi connectivity index (χ2n) is 5.65. The van der Waals surface area contributed by atoms with Crippen LogP contribution in [0.25, 0.3) is 0 Å². The Bertz CT molecular complexity index is 718. The Morgan fingerprint density at radius 2 is 1.50 bits per heavy atom. The monoisotopic (exact) mass is 354 g/mol. The van der Waals surface area contributed by atoms with Crippen LogP contribution >= 0.6 is 0 Å². The van der Waals surface area contributed by atoms with Gasteiger partial charge in [0.05, 0.1) is 12.3 Å². The molecule has 0 aliphatic heterocycles. The van der Waals surface area contributed by atoms with Crippen molar-refractivity contribution in [3.63, 3.8) is 0 Å². The van der Waals surface area contributed by atoms with Gasteiger partial charge in [0.1, 0.15) is 6.54 Å². The van der Waals surface area contributed by atoms with Gasteiger partial charge in [0.2, 0.25) is 5.91 Å². The van der Waals surface area contributed by atoms with E-state index in [1.807, 2.05) is 60.7 Å². The molecule has 2 aromatic rings. The Balaban J connectivity index is 2.43. The van der Waals surface area contributed by atoms with Gasteiger partial charge in [-0.2, -0.15) is 0 Å². The lowest BCUT2D eigenvalue weighted by atomic mass is 10.0. The lowest BCUT2D eigenvalue weighted by Crippen LogP contribution is -2.43. The lowest BCUT2D eigenvalue weighted by Gasteiger charge is -2.22. The van der Waals surface area contributed by atoms with Crippen molar-refractivity contribution in [2.45, 2.75) is 13.0 Å². The number of rotatable bonds is 8. The first-order chi connectivity index (χ1) is 12.6. The Labute approximate surface area is 152 Å². The van der Waals surface area contributed by atoms with Gasteiger partial charge in [0.15, 0.2) is 6.04 Å². The average Bonchev–Trinajstić information content (AvgIpc) is 2.67. The number of carboxylic acids is 1. The summed E-state index contributed by atoms with van der Waals surface area (Å²) in [5.41, 5.74) is 2.20. The van der Waals surface area contributed by atoms with Crippen LogP contribution in [-0.2, 0) is 9.59 Å². The number of aliphatic hydroxyl groups excluding tert-OH is 1. The zero-order valence-electron chi connectivity index (χ0n) is 14.6. The predicted octanol–water partition coefficient (Wildman–Crippen LogP) is 1.82. The Hall–Kier alpha value is -2.99. The van der Waals surface area contributed by atoms with Crippen LogP contribution < -0.4 is 0 Å². The zero-order valence-corrected chi connectivity index (χ0v) is 14.6. The molecule has 2 aromatic carbocycles. The molecule has 0 unspecified atom stereocenters. The first-order valence-corrected chi connectivity index (χ1v) is 8.36. The molecule has 0 aliphatic rings. The van der Waals surface area contributed by atoms with Gasteiger partial charge in [0.25, 0.3) is 0 Å². The fourth-order valence-electron chi connectivity index (χ4n) is 2.56. The first-order valence-electron chi connectivity index (χ1n) is 8.36. The van der Waals surface area contributed by atoms with Gasteiger partial charge in [-0.05, 0) is 6.92 Å². The molecule has 0 saturated carbocycles. The molecule has 0 aromatic heterocycles. The third kappa shape index (κ3) is 5.00. The molecule has 0 heterocycles. The summed E-state index contributed by atoms with van der Waals surface area (Å²) in [5.74, 6) is -1.62. The molecule has 0 bridgehead atoms. The molecule has 0 spiro atoms. The van der Waals surface area contributed by atoms with Gasteiger partial charge in [-0.15, -0.1) is 0 Å². The average molecular weight is 354 g/mol. The summed E-state index contributed by atoms with van der Waals surface area (Å²) >= 11 is 0. The number of carbonyl (C=O) groups excluding carboxylic acids is 1. The molecule has 0 aliphatic carbocycles. The second-order valence-corrected chi connectivity index (χ2v) is 5.65. The zero-order chi connectivity index (χ0) is 18.9. The summed E-state index contributed by atoms with van der Waals surface area (Å²) in [4.78, 5) is 29.3. The van der Waals surface area contributed by atoms with Crippen molar-refractivity contribution in [3.05, 3.63) is 71.8 Å². The molecule has 136 valence electrons. The maximum atomic E-state index is 12.6. The van der Waals surface area contributed by atoms with Crippen LogP contribution in [0.5, 0.6) is 0 Å². The van der Waals surface area contributed by atoms with Crippen molar-refractivity contribution >= 4 is 17.6 Å². The van der Waals surface area contributed by atoms with Crippen molar-refractivity contribution in [3.8, 4) is 0 Å². The fourth-order valence-corrected chi connectivity index (χ4v) is 2.56. The van der Waals surface area contributed by atoms with Crippen molar-refractivity contribution in [2.24, 2.45) is 4.99 Å². The van der Waals surface area contributed by atoms with Gasteiger partial charge in [-0.3, -0.25) is 14.6 Å². The summed E-state index contributed by atoms with van der Waals surface area (Å²) < 4.78 is 0. The number of aliphatic carboxylic acids is 1. The van der Waals surface area contributed by atoms with Gasteiger partial charge in [0, 0.05) is 17.7 Å². The maximum absolute atomic E-state index is 12.6. The predicted molar refractivity (Wildman–Crippen MR) is 99.3 cm³/mol. The van der Waals surface area contributed by atoms with Crippen molar-refractivity contribution in [1.82, 2.24) is 4.90 Å². The number of amides is 1. The Morgan fingerprint density at radius 3 is 1.88 bits per heavy atom. The van der Waals surface area contributed by atoms with Crippen LogP contribution in [-0.4, -0.2) is 58.4 Å². The highest BCUT2D eigenvalue weighted by Gasteiger charge is 2.25. The van der Waals surface area contributed by atoms with Crippen LogP contribution in [0, 0.1) is 0 Å². The number of aliphatic hydroxyl groups is 1. The number of hydrogen-bond donors (Lipinski definition) is 2. The van der Waals surface area contributed by atoms with Crippen LogP contribution in [0.4, 0.5) is 0 Å². The fraction of sp³-hybridized carbons (Fsp3) is 0.250. The summed E-state index contributed by atoms with van der Waals surface area (Å²) in [6.45, 7) is 0.989. The molecule has 0 radical (unpaired) electrons. The molecular formula is C20H22N2O4. The molecule has 1 amide bonds.